The fourth-order valence-electron chi connectivity index (χ4n) is 1.94. The molecule has 0 unspecified atom stereocenters. The highest BCUT2D eigenvalue weighted by molar-refractivity contribution is 7.71. The molecule has 9 heteroatoms. The number of methoxy groups -OCH3 is 1. The van der Waals surface area contributed by atoms with Gasteiger partial charge < -0.3 is 9.72 Å². The maximum absolute atomic E-state index is 12.8. The minimum Gasteiger partial charge on any atom is -0.465 e. The van der Waals surface area contributed by atoms with Crippen molar-refractivity contribution in [3.8, 4) is 0 Å². The zero-order valence-corrected chi connectivity index (χ0v) is 13.0. The topological polar surface area (TPSA) is 75.0 Å². The molecule has 0 radical (unpaired) electrons. The van der Waals surface area contributed by atoms with Gasteiger partial charge in [-0.1, -0.05) is 12.1 Å². The van der Waals surface area contributed by atoms with E-state index in [1.165, 1.54) is 18.2 Å². The van der Waals surface area contributed by atoms with Gasteiger partial charge in [0.05, 0.1) is 23.9 Å². The van der Waals surface area contributed by atoms with Gasteiger partial charge in [0.15, 0.2) is 4.77 Å². The Morgan fingerprint density at radius 1 is 1.25 bits per heavy atom. The molecule has 2 aromatic rings. The number of alkyl halides is 3. The Hall–Kier alpha value is -2.68. The van der Waals surface area contributed by atoms with Crippen LogP contribution in [0.1, 0.15) is 16.8 Å². The van der Waals surface area contributed by atoms with E-state index in [2.05, 4.69) is 14.7 Å². The standard InChI is InChI=1S/C15H11F3N2O3S/c1-23-13(22)10(11-7-12(21)20-14(24)19-11)6-8-3-2-4-9(5-8)15(16,17)18/h2-7H,1H3,(H2,19,20,21,24)/b10-6-. The van der Waals surface area contributed by atoms with Crippen molar-refractivity contribution in [2.45, 2.75) is 6.18 Å². The predicted octanol–water partition coefficient (Wildman–Crippen LogP) is 3.16. The van der Waals surface area contributed by atoms with Crippen molar-refractivity contribution >= 4 is 29.8 Å². The van der Waals surface area contributed by atoms with Crippen LogP contribution in [0.4, 0.5) is 13.2 Å². The van der Waals surface area contributed by atoms with Crippen molar-refractivity contribution in [2.24, 2.45) is 0 Å². The van der Waals surface area contributed by atoms with E-state index in [1.54, 1.807) is 0 Å². The fourth-order valence-corrected chi connectivity index (χ4v) is 2.15. The highest BCUT2D eigenvalue weighted by Gasteiger charge is 2.30. The van der Waals surface area contributed by atoms with Crippen LogP contribution in [-0.2, 0) is 15.7 Å². The van der Waals surface area contributed by atoms with Gasteiger partial charge in [-0.25, -0.2) is 4.79 Å². The van der Waals surface area contributed by atoms with Crippen LogP contribution in [0, 0.1) is 4.77 Å². The zero-order chi connectivity index (χ0) is 17.9. The molecule has 5 nitrogen and oxygen atoms in total. The van der Waals surface area contributed by atoms with Crippen LogP contribution in [0.25, 0.3) is 11.6 Å². The van der Waals surface area contributed by atoms with Crippen LogP contribution in [0.3, 0.4) is 0 Å². The first kappa shape index (κ1) is 17.7. The molecular formula is C15H11F3N2O3S. The first-order valence-corrected chi connectivity index (χ1v) is 6.93. The molecule has 1 aromatic heterocycles. The number of carbonyl (C=O) groups excluding carboxylic acids is 1. The molecule has 0 atom stereocenters. The molecule has 0 saturated carbocycles. The Morgan fingerprint density at radius 2 is 1.96 bits per heavy atom. The number of hydrogen-bond acceptors (Lipinski definition) is 4. The average molecular weight is 356 g/mol. The Labute approximate surface area is 138 Å². The molecule has 0 aliphatic rings. The Balaban J connectivity index is 2.61. The molecule has 0 spiro atoms. The van der Waals surface area contributed by atoms with E-state index < -0.39 is 23.3 Å². The molecule has 1 heterocycles. The van der Waals surface area contributed by atoms with Gasteiger partial charge in [0, 0.05) is 6.07 Å². The molecule has 0 amide bonds. The molecule has 126 valence electrons. The number of nitrogens with one attached hydrogen (secondary N) is 2. The van der Waals surface area contributed by atoms with E-state index >= 15 is 0 Å². The van der Waals surface area contributed by atoms with Crippen molar-refractivity contribution in [3.05, 3.63) is 62.3 Å². The highest BCUT2D eigenvalue weighted by atomic mass is 32.1. The lowest BCUT2D eigenvalue weighted by Crippen LogP contribution is -2.12. The molecule has 24 heavy (non-hydrogen) atoms. The molecule has 0 aliphatic carbocycles. The number of halogens is 3. The number of aromatic nitrogens is 2. The third-order valence-electron chi connectivity index (χ3n) is 2.98. The van der Waals surface area contributed by atoms with Crippen LogP contribution in [0.2, 0.25) is 0 Å². The van der Waals surface area contributed by atoms with Crippen molar-refractivity contribution in [1.82, 2.24) is 9.97 Å². The normalized spacial score (nSPS) is 12.1. The summed E-state index contributed by atoms with van der Waals surface area (Å²) < 4.78 is 42.9. The van der Waals surface area contributed by atoms with Gasteiger partial charge in [0.1, 0.15) is 0 Å². The van der Waals surface area contributed by atoms with E-state index in [1.807, 2.05) is 0 Å². The number of carbonyl (C=O) groups is 1. The van der Waals surface area contributed by atoms with Gasteiger partial charge in [-0.05, 0) is 36.0 Å². The summed E-state index contributed by atoms with van der Waals surface area (Å²) in [7, 11) is 1.12. The molecule has 0 fully saturated rings. The summed E-state index contributed by atoms with van der Waals surface area (Å²) >= 11 is 4.82. The second-order valence-corrected chi connectivity index (χ2v) is 5.08. The van der Waals surface area contributed by atoms with Crippen LogP contribution in [0.15, 0.2) is 35.1 Å². The third kappa shape index (κ3) is 4.19. The van der Waals surface area contributed by atoms with Gasteiger partial charge in [0.25, 0.3) is 5.56 Å². The molecular weight excluding hydrogens is 345 g/mol. The Morgan fingerprint density at radius 3 is 2.54 bits per heavy atom. The lowest BCUT2D eigenvalue weighted by Gasteiger charge is -2.09. The fraction of sp³-hybridized carbons (Fsp3) is 0.133. The number of ether oxygens (including phenoxy) is 1. The predicted molar refractivity (Wildman–Crippen MR) is 83.6 cm³/mol. The average Bonchev–Trinajstić information content (AvgIpc) is 2.50. The summed E-state index contributed by atoms with van der Waals surface area (Å²) in [5, 5.41) is 0. The SMILES string of the molecule is COC(=O)/C(=C\c1cccc(C(F)(F)F)c1)c1cc(=O)[nH]c(=S)[nH]1. The van der Waals surface area contributed by atoms with E-state index in [-0.39, 0.29) is 21.6 Å². The van der Waals surface area contributed by atoms with Gasteiger partial charge in [-0.2, -0.15) is 13.2 Å². The summed E-state index contributed by atoms with van der Waals surface area (Å²) in [5.74, 6) is -0.830. The van der Waals surface area contributed by atoms with Gasteiger partial charge >= 0.3 is 12.1 Å². The highest BCUT2D eigenvalue weighted by Crippen LogP contribution is 2.30. The van der Waals surface area contributed by atoms with Gasteiger partial charge in [-0.3, -0.25) is 9.78 Å². The Bertz CT molecular complexity index is 885. The smallest absolute Gasteiger partial charge is 0.416 e. The number of esters is 1. The summed E-state index contributed by atoms with van der Waals surface area (Å²) in [4.78, 5) is 28.3. The van der Waals surface area contributed by atoms with E-state index in [4.69, 9.17) is 12.2 Å². The van der Waals surface area contributed by atoms with E-state index in [9.17, 15) is 22.8 Å². The minimum atomic E-state index is -4.51. The number of aromatic amines is 2. The van der Waals surface area contributed by atoms with Crippen molar-refractivity contribution < 1.29 is 22.7 Å². The lowest BCUT2D eigenvalue weighted by atomic mass is 10.1. The number of benzene rings is 1. The molecule has 1 aromatic carbocycles. The maximum Gasteiger partial charge on any atom is 0.416 e. The Kier molecular flexibility index (Phi) is 5.03. The van der Waals surface area contributed by atoms with Crippen molar-refractivity contribution in [3.63, 3.8) is 0 Å². The molecule has 2 N–H and O–H groups in total. The summed E-state index contributed by atoms with van der Waals surface area (Å²) in [6.45, 7) is 0. The second-order valence-electron chi connectivity index (χ2n) is 4.67. The van der Waals surface area contributed by atoms with Gasteiger partial charge in [0.2, 0.25) is 0 Å². The first-order chi connectivity index (χ1) is 11.2. The summed E-state index contributed by atoms with van der Waals surface area (Å²) in [5.41, 5.74) is -1.40. The summed E-state index contributed by atoms with van der Waals surface area (Å²) in [6, 6.07) is 5.45. The largest absolute Gasteiger partial charge is 0.465 e. The quantitative estimate of drug-likeness (QED) is 0.503. The van der Waals surface area contributed by atoms with Crippen LogP contribution < -0.4 is 5.56 Å². The van der Waals surface area contributed by atoms with E-state index in [0.29, 0.717) is 0 Å². The molecule has 2 rings (SSSR count). The van der Waals surface area contributed by atoms with E-state index in [0.717, 1.165) is 25.3 Å². The van der Waals surface area contributed by atoms with Crippen LogP contribution >= 0.6 is 12.2 Å². The van der Waals surface area contributed by atoms with Crippen LogP contribution in [-0.4, -0.2) is 23.0 Å². The molecule has 0 aliphatic heterocycles. The first-order valence-electron chi connectivity index (χ1n) is 6.52. The van der Waals surface area contributed by atoms with Crippen molar-refractivity contribution in [2.75, 3.05) is 7.11 Å². The number of hydrogen-bond donors (Lipinski definition) is 2. The lowest BCUT2D eigenvalue weighted by molar-refractivity contribution is -0.137. The van der Waals surface area contributed by atoms with Gasteiger partial charge in [-0.15, -0.1) is 0 Å². The third-order valence-corrected chi connectivity index (χ3v) is 3.18. The monoisotopic (exact) mass is 356 g/mol. The number of rotatable bonds is 3. The molecule has 0 saturated heterocycles. The minimum absolute atomic E-state index is 0.0312. The second kappa shape index (κ2) is 6.83. The molecule has 0 bridgehead atoms. The zero-order valence-electron chi connectivity index (χ0n) is 12.2. The van der Waals surface area contributed by atoms with Crippen LogP contribution in [0.5, 0.6) is 0 Å². The summed E-state index contributed by atoms with van der Waals surface area (Å²) in [6.07, 6.45) is -3.33. The number of H-pyrrole nitrogens is 2. The maximum atomic E-state index is 12.8. The van der Waals surface area contributed by atoms with Crippen molar-refractivity contribution in [1.29, 1.82) is 0 Å².